The van der Waals surface area contributed by atoms with Gasteiger partial charge < -0.3 is 4.74 Å². The number of fused-ring (bicyclic) bond motifs is 2. The van der Waals surface area contributed by atoms with Gasteiger partial charge in [0, 0.05) is 5.39 Å². The molecule has 0 unspecified atom stereocenters. The molecule has 0 spiro atoms. The molecule has 0 aliphatic carbocycles. The van der Waals surface area contributed by atoms with Gasteiger partial charge in [0.05, 0.1) is 0 Å². The van der Waals surface area contributed by atoms with E-state index in [9.17, 15) is 4.79 Å². The summed E-state index contributed by atoms with van der Waals surface area (Å²) in [6, 6.07) is 18.0. The predicted octanol–water partition coefficient (Wildman–Crippen LogP) is 2.88. The minimum atomic E-state index is 0. The summed E-state index contributed by atoms with van der Waals surface area (Å²) in [7, 11) is 0. The van der Waals surface area contributed by atoms with Gasteiger partial charge in [0.2, 0.25) is 0 Å². The van der Waals surface area contributed by atoms with E-state index in [0.717, 1.165) is 16.2 Å². The van der Waals surface area contributed by atoms with Gasteiger partial charge in [-0.15, -0.1) is 0 Å². The Kier molecular flexibility index (Phi) is 4.02. The number of rotatable bonds is 2. The molecule has 3 aromatic rings. The first-order valence-electron chi connectivity index (χ1n) is 5.40. The van der Waals surface area contributed by atoms with Crippen LogP contribution >= 0.6 is 0 Å². The fourth-order valence-corrected chi connectivity index (χ4v) is 2.09. The molecule has 0 saturated heterocycles. The Hall–Kier alpha value is -1.35. The zero-order chi connectivity index (χ0) is 11.7. The summed E-state index contributed by atoms with van der Waals surface area (Å²) in [6.45, 7) is 0.462. The van der Waals surface area contributed by atoms with Crippen molar-refractivity contribution in [2.24, 2.45) is 0 Å². The molecule has 0 fully saturated rings. The summed E-state index contributed by atoms with van der Waals surface area (Å²) in [4.78, 5) is 10.5. The van der Waals surface area contributed by atoms with E-state index < -0.39 is 0 Å². The Labute approximate surface area is 127 Å². The number of hydrogen-bond donors (Lipinski definition) is 0. The number of ether oxygens (including phenoxy) is 1. The van der Waals surface area contributed by atoms with Crippen molar-refractivity contribution in [3.63, 3.8) is 0 Å². The topological polar surface area (TPSA) is 26.3 Å². The molecule has 0 heterocycles. The molecule has 0 saturated carbocycles. The standard InChI is InChI=1S/C15H10O2.Na.H/c16-10-17-15-7-3-6-13-8-11-4-1-2-5-12(11)9-14(13)15;;/h1-10H;;. The molecule has 18 heavy (non-hydrogen) atoms. The maximum atomic E-state index is 10.5. The second kappa shape index (κ2) is 5.53. The average Bonchev–Trinajstić information content (AvgIpc) is 2.37. The van der Waals surface area contributed by atoms with Crippen LogP contribution in [-0.2, 0) is 4.79 Å². The van der Waals surface area contributed by atoms with Crippen molar-refractivity contribution in [2.45, 2.75) is 0 Å². The van der Waals surface area contributed by atoms with Gasteiger partial charge in [-0.05, 0) is 34.4 Å². The number of carbonyl (C=O) groups is 1. The quantitative estimate of drug-likeness (QED) is 0.395. The first-order valence-corrected chi connectivity index (χ1v) is 5.40. The van der Waals surface area contributed by atoms with E-state index in [1.807, 2.05) is 36.4 Å². The molecule has 84 valence electrons. The summed E-state index contributed by atoms with van der Waals surface area (Å²) in [5.41, 5.74) is 0. The van der Waals surface area contributed by atoms with Gasteiger partial charge in [-0.25, -0.2) is 0 Å². The first kappa shape index (κ1) is 13.1. The van der Waals surface area contributed by atoms with E-state index in [-0.39, 0.29) is 29.6 Å². The molecule has 3 aromatic carbocycles. The zero-order valence-electron chi connectivity index (χ0n) is 9.09. The van der Waals surface area contributed by atoms with Gasteiger partial charge >= 0.3 is 29.6 Å². The first-order chi connectivity index (χ1) is 8.38. The fourth-order valence-electron chi connectivity index (χ4n) is 2.09. The van der Waals surface area contributed by atoms with Gasteiger partial charge in [-0.3, -0.25) is 4.79 Å². The van der Waals surface area contributed by atoms with Crippen LogP contribution in [0.3, 0.4) is 0 Å². The summed E-state index contributed by atoms with van der Waals surface area (Å²) < 4.78 is 4.99. The third kappa shape index (κ3) is 2.27. The second-order valence-corrected chi connectivity index (χ2v) is 3.89. The van der Waals surface area contributed by atoms with Crippen LogP contribution in [0.5, 0.6) is 5.75 Å². The van der Waals surface area contributed by atoms with Crippen LogP contribution in [0, 0.1) is 0 Å². The van der Waals surface area contributed by atoms with E-state index in [1.54, 1.807) is 6.07 Å². The molecule has 0 aliphatic heterocycles. The molecule has 3 rings (SSSR count). The summed E-state index contributed by atoms with van der Waals surface area (Å²) in [5, 5.41) is 4.35. The fraction of sp³-hybridized carbons (Fsp3) is 0. The molecule has 3 heteroatoms. The van der Waals surface area contributed by atoms with E-state index >= 15 is 0 Å². The van der Waals surface area contributed by atoms with Crippen molar-refractivity contribution in [3.8, 4) is 5.75 Å². The number of hydrogen-bond acceptors (Lipinski definition) is 2. The Morgan fingerprint density at radius 3 is 2.22 bits per heavy atom. The molecule has 0 amide bonds. The Morgan fingerprint density at radius 1 is 0.833 bits per heavy atom. The van der Waals surface area contributed by atoms with Crippen LogP contribution in [0.2, 0.25) is 0 Å². The van der Waals surface area contributed by atoms with Gasteiger partial charge in [0.25, 0.3) is 6.47 Å². The maximum absolute atomic E-state index is 10.5. The van der Waals surface area contributed by atoms with Crippen molar-refractivity contribution in [3.05, 3.63) is 54.6 Å². The molecule has 0 N–H and O–H groups in total. The third-order valence-electron chi connectivity index (χ3n) is 2.88. The van der Waals surface area contributed by atoms with Crippen molar-refractivity contribution in [1.29, 1.82) is 0 Å². The van der Waals surface area contributed by atoms with Gasteiger partial charge in [-0.2, -0.15) is 0 Å². The van der Waals surface area contributed by atoms with E-state index in [1.165, 1.54) is 5.39 Å². The Balaban J connectivity index is 0.00000120. The molecule has 0 atom stereocenters. The summed E-state index contributed by atoms with van der Waals surface area (Å²) in [5.74, 6) is 0.600. The average molecular weight is 246 g/mol. The van der Waals surface area contributed by atoms with Gasteiger partial charge in [0.1, 0.15) is 5.75 Å². The van der Waals surface area contributed by atoms with E-state index in [0.29, 0.717) is 12.2 Å². The monoisotopic (exact) mass is 246 g/mol. The van der Waals surface area contributed by atoms with Crippen molar-refractivity contribution >= 4 is 57.6 Å². The minimum absolute atomic E-state index is 0. The number of carbonyl (C=O) groups excluding carboxylic acids is 1. The summed E-state index contributed by atoms with van der Waals surface area (Å²) in [6.07, 6.45) is 0. The van der Waals surface area contributed by atoms with Gasteiger partial charge in [0.15, 0.2) is 0 Å². The molecule has 2 nitrogen and oxygen atoms in total. The van der Waals surface area contributed by atoms with Crippen molar-refractivity contribution in [1.82, 2.24) is 0 Å². The molecule has 0 aliphatic rings. The number of benzene rings is 3. The predicted molar refractivity (Wildman–Crippen MR) is 75.3 cm³/mol. The van der Waals surface area contributed by atoms with E-state index in [4.69, 9.17) is 4.74 Å². The molecular formula is C15H11NaO2. The molecule has 0 radical (unpaired) electrons. The SMILES string of the molecule is O=COc1cccc2cc3ccccc3cc12.[NaH]. The second-order valence-electron chi connectivity index (χ2n) is 3.89. The van der Waals surface area contributed by atoms with Crippen molar-refractivity contribution < 1.29 is 9.53 Å². The molecule has 0 aromatic heterocycles. The van der Waals surface area contributed by atoms with E-state index in [2.05, 4.69) is 12.1 Å². The summed E-state index contributed by atoms with van der Waals surface area (Å²) >= 11 is 0. The van der Waals surface area contributed by atoms with Crippen LogP contribution in [0.25, 0.3) is 21.5 Å². The van der Waals surface area contributed by atoms with Crippen LogP contribution in [0.1, 0.15) is 0 Å². The van der Waals surface area contributed by atoms with Crippen LogP contribution in [-0.4, -0.2) is 36.0 Å². The normalized spacial score (nSPS) is 10.0. The van der Waals surface area contributed by atoms with Crippen molar-refractivity contribution in [2.75, 3.05) is 0 Å². The molecule has 0 bridgehead atoms. The Morgan fingerprint density at radius 2 is 1.50 bits per heavy atom. The zero-order valence-corrected chi connectivity index (χ0v) is 9.09. The van der Waals surface area contributed by atoms with Crippen LogP contribution in [0.15, 0.2) is 54.6 Å². The third-order valence-corrected chi connectivity index (χ3v) is 2.88. The van der Waals surface area contributed by atoms with Crippen LogP contribution in [0.4, 0.5) is 0 Å². The van der Waals surface area contributed by atoms with Gasteiger partial charge in [-0.1, -0.05) is 36.4 Å². The molecular weight excluding hydrogens is 235 g/mol. The van der Waals surface area contributed by atoms with Crippen LogP contribution < -0.4 is 4.74 Å². The Bertz CT molecular complexity index is 707.